The summed E-state index contributed by atoms with van der Waals surface area (Å²) in [6.07, 6.45) is 1.57. The highest BCUT2D eigenvalue weighted by Gasteiger charge is 2.38. The summed E-state index contributed by atoms with van der Waals surface area (Å²) in [6, 6.07) is 10.7. The number of amides is 1. The first-order chi connectivity index (χ1) is 15.3. The fourth-order valence-corrected chi connectivity index (χ4v) is 3.43. The lowest BCUT2D eigenvalue weighted by Gasteiger charge is -2.17. The number of nitrogens with zero attached hydrogens (tertiary/aromatic N) is 2. The third-order valence-corrected chi connectivity index (χ3v) is 4.91. The number of esters is 1. The van der Waals surface area contributed by atoms with Crippen LogP contribution in [0.4, 0.5) is 11.4 Å². The number of carbonyl (C=O) groups excluding carboxylic acids is 2. The monoisotopic (exact) mass is 438 g/mol. The summed E-state index contributed by atoms with van der Waals surface area (Å²) in [5.41, 5.74) is 1.52. The molecule has 0 atom stereocenters. The van der Waals surface area contributed by atoms with E-state index in [0.717, 1.165) is 0 Å². The van der Waals surface area contributed by atoms with Crippen LogP contribution in [0.25, 0.3) is 6.08 Å². The fourth-order valence-electron chi connectivity index (χ4n) is 3.43. The van der Waals surface area contributed by atoms with Gasteiger partial charge in [-0.25, -0.2) is 4.79 Å². The van der Waals surface area contributed by atoms with E-state index in [1.165, 1.54) is 43.4 Å². The third kappa shape index (κ3) is 4.18. The molecule has 0 fully saturated rings. The molecule has 1 heterocycles. The van der Waals surface area contributed by atoms with Crippen molar-refractivity contribution in [2.24, 2.45) is 0 Å². The van der Waals surface area contributed by atoms with E-state index in [1.54, 1.807) is 31.2 Å². The summed E-state index contributed by atoms with van der Waals surface area (Å²) in [5, 5.41) is 10.9. The molecule has 0 unspecified atom stereocenters. The number of nitro groups is 1. The van der Waals surface area contributed by atoms with Gasteiger partial charge in [0, 0.05) is 23.5 Å². The van der Waals surface area contributed by atoms with Crippen LogP contribution in [-0.4, -0.2) is 37.6 Å². The van der Waals surface area contributed by atoms with Gasteiger partial charge >= 0.3 is 5.97 Å². The molecule has 2 aromatic carbocycles. The van der Waals surface area contributed by atoms with Crippen molar-refractivity contribution in [1.29, 1.82) is 0 Å². The molecule has 9 heteroatoms. The van der Waals surface area contributed by atoms with Crippen LogP contribution < -0.4 is 14.4 Å². The predicted molar refractivity (Wildman–Crippen MR) is 117 cm³/mol. The molecular formula is C23H22N2O7. The largest absolute Gasteiger partial charge is 0.493 e. The second kappa shape index (κ2) is 9.34. The van der Waals surface area contributed by atoms with Crippen molar-refractivity contribution < 1.29 is 28.7 Å². The number of non-ortho nitro benzene ring substituents is 1. The first-order valence-corrected chi connectivity index (χ1v) is 9.73. The van der Waals surface area contributed by atoms with E-state index in [4.69, 9.17) is 14.2 Å². The SMILES string of the molecule is CCOc1ccc(C=C2C(=O)N(c3ccc([N+](=O)[O-])cc3)C(C)=C2C(=O)OC)cc1OC. The Bertz CT molecular complexity index is 1130. The van der Waals surface area contributed by atoms with Gasteiger partial charge in [-0.2, -0.15) is 0 Å². The fraction of sp³-hybridized carbons (Fsp3) is 0.217. The van der Waals surface area contributed by atoms with Crippen molar-refractivity contribution in [3.8, 4) is 11.5 Å². The number of benzene rings is 2. The number of hydrogen-bond acceptors (Lipinski definition) is 7. The minimum absolute atomic E-state index is 0.104. The van der Waals surface area contributed by atoms with Gasteiger partial charge in [-0.15, -0.1) is 0 Å². The molecule has 0 radical (unpaired) electrons. The summed E-state index contributed by atoms with van der Waals surface area (Å²) in [7, 11) is 2.74. The van der Waals surface area contributed by atoms with Crippen LogP contribution in [-0.2, 0) is 14.3 Å². The van der Waals surface area contributed by atoms with E-state index >= 15 is 0 Å². The van der Waals surface area contributed by atoms with E-state index in [1.807, 2.05) is 6.92 Å². The Morgan fingerprint density at radius 3 is 2.38 bits per heavy atom. The lowest BCUT2D eigenvalue weighted by molar-refractivity contribution is -0.384. The highest BCUT2D eigenvalue weighted by atomic mass is 16.6. The molecule has 3 rings (SSSR count). The molecule has 1 aliphatic heterocycles. The summed E-state index contributed by atoms with van der Waals surface area (Å²) in [4.78, 5) is 37.6. The first-order valence-electron chi connectivity index (χ1n) is 9.73. The van der Waals surface area contributed by atoms with Gasteiger partial charge in [-0.05, 0) is 49.8 Å². The van der Waals surface area contributed by atoms with Crippen LogP contribution in [0.1, 0.15) is 19.4 Å². The third-order valence-electron chi connectivity index (χ3n) is 4.91. The maximum atomic E-state index is 13.3. The first kappa shape index (κ1) is 22.5. The number of anilines is 1. The van der Waals surface area contributed by atoms with Crippen molar-refractivity contribution in [2.45, 2.75) is 13.8 Å². The Morgan fingerprint density at radius 2 is 1.81 bits per heavy atom. The van der Waals surface area contributed by atoms with E-state index in [0.29, 0.717) is 35.1 Å². The number of rotatable bonds is 7. The second-order valence-corrected chi connectivity index (χ2v) is 6.77. The number of methoxy groups -OCH3 is 2. The van der Waals surface area contributed by atoms with Crippen molar-refractivity contribution >= 4 is 29.3 Å². The van der Waals surface area contributed by atoms with Crippen LogP contribution in [0.15, 0.2) is 59.3 Å². The molecule has 0 aliphatic carbocycles. The average molecular weight is 438 g/mol. The van der Waals surface area contributed by atoms with Gasteiger partial charge in [0.1, 0.15) is 0 Å². The summed E-state index contributed by atoms with van der Waals surface area (Å²) < 4.78 is 15.8. The van der Waals surface area contributed by atoms with Gasteiger partial charge in [0.2, 0.25) is 0 Å². The molecule has 0 saturated heterocycles. The molecule has 2 aromatic rings. The molecule has 166 valence electrons. The molecule has 0 bridgehead atoms. The topological polar surface area (TPSA) is 108 Å². The Labute approximate surface area is 184 Å². The second-order valence-electron chi connectivity index (χ2n) is 6.77. The van der Waals surface area contributed by atoms with Crippen LogP contribution in [0.3, 0.4) is 0 Å². The smallest absolute Gasteiger partial charge is 0.340 e. The summed E-state index contributed by atoms with van der Waals surface area (Å²) in [6.45, 7) is 3.94. The van der Waals surface area contributed by atoms with Crippen molar-refractivity contribution in [2.75, 3.05) is 25.7 Å². The van der Waals surface area contributed by atoms with Crippen LogP contribution in [0, 0.1) is 10.1 Å². The quantitative estimate of drug-likeness (QED) is 0.279. The minimum Gasteiger partial charge on any atom is -0.493 e. The van der Waals surface area contributed by atoms with E-state index in [2.05, 4.69) is 0 Å². The van der Waals surface area contributed by atoms with Gasteiger partial charge in [0.15, 0.2) is 11.5 Å². The molecule has 9 nitrogen and oxygen atoms in total. The number of carbonyl (C=O) groups is 2. The highest BCUT2D eigenvalue weighted by molar-refractivity contribution is 6.23. The van der Waals surface area contributed by atoms with E-state index < -0.39 is 16.8 Å². The van der Waals surface area contributed by atoms with E-state index in [9.17, 15) is 19.7 Å². The predicted octanol–water partition coefficient (Wildman–Crippen LogP) is 3.88. The van der Waals surface area contributed by atoms with Crippen LogP contribution in [0.5, 0.6) is 11.5 Å². The molecule has 0 saturated carbocycles. The lowest BCUT2D eigenvalue weighted by Crippen LogP contribution is -2.24. The zero-order valence-corrected chi connectivity index (χ0v) is 18.1. The standard InChI is InChI=1S/C23H22N2O7/c1-5-32-19-11-6-15(13-20(19)30-3)12-18-21(23(27)31-4)14(2)24(22(18)26)16-7-9-17(10-8-16)25(28)29/h6-13H,5H2,1-4H3. The molecule has 0 spiro atoms. The van der Waals surface area contributed by atoms with Gasteiger partial charge < -0.3 is 14.2 Å². The molecular weight excluding hydrogens is 416 g/mol. The normalized spacial score (nSPS) is 14.7. The Balaban J connectivity index is 2.08. The van der Waals surface area contributed by atoms with Crippen LogP contribution >= 0.6 is 0 Å². The Hall–Kier alpha value is -4.14. The Kier molecular flexibility index (Phi) is 6.58. The number of allylic oxidation sites excluding steroid dienone is 1. The minimum atomic E-state index is -0.663. The zero-order valence-electron chi connectivity index (χ0n) is 18.1. The number of ether oxygens (including phenoxy) is 3. The Morgan fingerprint density at radius 1 is 1.12 bits per heavy atom. The number of nitro benzene ring substituents is 1. The highest BCUT2D eigenvalue weighted by Crippen LogP contribution is 2.37. The van der Waals surface area contributed by atoms with Gasteiger partial charge in [0.25, 0.3) is 11.6 Å². The van der Waals surface area contributed by atoms with Crippen molar-refractivity contribution in [3.05, 3.63) is 75.0 Å². The molecule has 32 heavy (non-hydrogen) atoms. The van der Waals surface area contributed by atoms with Crippen LogP contribution in [0.2, 0.25) is 0 Å². The zero-order chi connectivity index (χ0) is 23.4. The summed E-state index contributed by atoms with van der Waals surface area (Å²) in [5.74, 6) is -0.0736. The summed E-state index contributed by atoms with van der Waals surface area (Å²) >= 11 is 0. The molecule has 0 aromatic heterocycles. The molecule has 0 N–H and O–H groups in total. The molecule has 1 aliphatic rings. The molecule has 1 amide bonds. The van der Waals surface area contributed by atoms with Gasteiger partial charge in [-0.3, -0.25) is 19.8 Å². The lowest BCUT2D eigenvalue weighted by atomic mass is 10.0. The average Bonchev–Trinajstić information content (AvgIpc) is 3.03. The van der Waals surface area contributed by atoms with Crippen molar-refractivity contribution in [3.63, 3.8) is 0 Å². The van der Waals surface area contributed by atoms with Crippen molar-refractivity contribution in [1.82, 2.24) is 0 Å². The van der Waals surface area contributed by atoms with Gasteiger partial charge in [0.05, 0.1) is 36.9 Å². The van der Waals surface area contributed by atoms with E-state index in [-0.39, 0.29) is 16.8 Å². The number of hydrogen-bond donors (Lipinski definition) is 0. The van der Waals surface area contributed by atoms with Gasteiger partial charge in [-0.1, -0.05) is 6.07 Å². The maximum Gasteiger partial charge on any atom is 0.340 e. The maximum absolute atomic E-state index is 13.3.